The van der Waals surface area contributed by atoms with Gasteiger partial charge in [-0.15, -0.1) is 0 Å². The van der Waals surface area contributed by atoms with Gasteiger partial charge < -0.3 is 10.2 Å². The first-order valence-corrected chi connectivity index (χ1v) is 7.77. The molecule has 1 aromatic carbocycles. The van der Waals surface area contributed by atoms with Crippen molar-refractivity contribution < 1.29 is 4.79 Å². The third kappa shape index (κ3) is 3.87. The molecule has 2 rings (SSSR count). The molecule has 0 radical (unpaired) electrons. The number of nitrogens with zero attached hydrogens (tertiary/aromatic N) is 1. The second-order valence-electron chi connectivity index (χ2n) is 5.21. The molecule has 0 saturated carbocycles. The Hall–Kier alpha value is -0.770. The zero-order valence-corrected chi connectivity index (χ0v) is 13.2. The lowest BCUT2D eigenvalue weighted by molar-refractivity contribution is -0.131. The maximum absolute atomic E-state index is 12.1. The van der Waals surface area contributed by atoms with Crippen LogP contribution in [-0.2, 0) is 4.79 Å². The highest BCUT2D eigenvalue weighted by molar-refractivity contribution is 6.42. The van der Waals surface area contributed by atoms with E-state index in [1.165, 1.54) is 0 Å². The van der Waals surface area contributed by atoms with Gasteiger partial charge in [0.1, 0.15) is 0 Å². The second kappa shape index (κ2) is 7.30. The van der Waals surface area contributed by atoms with Crippen molar-refractivity contribution in [3.8, 4) is 0 Å². The van der Waals surface area contributed by atoms with Crippen molar-refractivity contribution in [3.05, 3.63) is 33.8 Å². The SMILES string of the molecule is CC(CCC(=O)N1CCNCC1)c1cccc(Cl)c1Cl. The number of rotatable bonds is 4. The van der Waals surface area contributed by atoms with E-state index in [2.05, 4.69) is 12.2 Å². The van der Waals surface area contributed by atoms with E-state index in [0.717, 1.165) is 38.2 Å². The van der Waals surface area contributed by atoms with Crippen molar-refractivity contribution in [2.24, 2.45) is 0 Å². The van der Waals surface area contributed by atoms with E-state index in [0.29, 0.717) is 16.5 Å². The summed E-state index contributed by atoms with van der Waals surface area (Å²) in [5.41, 5.74) is 1.02. The summed E-state index contributed by atoms with van der Waals surface area (Å²) in [5.74, 6) is 0.463. The maximum Gasteiger partial charge on any atom is 0.222 e. The summed E-state index contributed by atoms with van der Waals surface area (Å²) >= 11 is 12.2. The van der Waals surface area contributed by atoms with Gasteiger partial charge in [0, 0.05) is 32.6 Å². The molecule has 0 bridgehead atoms. The first-order valence-electron chi connectivity index (χ1n) is 7.02. The average Bonchev–Trinajstić information content (AvgIpc) is 2.48. The van der Waals surface area contributed by atoms with E-state index in [4.69, 9.17) is 23.2 Å². The number of halogens is 2. The molecule has 1 N–H and O–H groups in total. The van der Waals surface area contributed by atoms with E-state index in [1.54, 1.807) is 6.07 Å². The molecule has 0 aliphatic carbocycles. The van der Waals surface area contributed by atoms with Crippen LogP contribution in [0.4, 0.5) is 0 Å². The van der Waals surface area contributed by atoms with Crippen molar-refractivity contribution in [1.82, 2.24) is 10.2 Å². The molecule has 5 heteroatoms. The molecule has 0 aromatic heterocycles. The van der Waals surface area contributed by atoms with Crippen LogP contribution >= 0.6 is 23.2 Å². The summed E-state index contributed by atoms with van der Waals surface area (Å²) < 4.78 is 0. The average molecular weight is 315 g/mol. The van der Waals surface area contributed by atoms with E-state index >= 15 is 0 Å². The van der Waals surface area contributed by atoms with Crippen molar-refractivity contribution in [2.45, 2.75) is 25.7 Å². The fraction of sp³-hybridized carbons (Fsp3) is 0.533. The normalized spacial score (nSPS) is 17.1. The summed E-state index contributed by atoms with van der Waals surface area (Å²) in [6.45, 7) is 5.49. The number of carbonyl (C=O) groups is 1. The molecular weight excluding hydrogens is 295 g/mol. The first kappa shape index (κ1) is 15.6. The molecular formula is C15H20Cl2N2O. The summed E-state index contributed by atoms with van der Waals surface area (Å²) in [6, 6.07) is 5.67. The van der Waals surface area contributed by atoms with Crippen LogP contribution in [0.25, 0.3) is 0 Å². The fourth-order valence-electron chi connectivity index (χ4n) is 2.47. The third-order valence-corrected chi connectivity index (χ3v) is 4.61. The van der Waals surface area contributed by atoms with Crippen molar-refractivity contribution in [1.29, 1.82) is 0 Å². The Kier molecular flexibility index (Phi) is 5.70. The lowest BCUT2D eigenvalue weighted by Gasteiger charge is -2.28. The summed E-state index contributed by atoms with van der Waals surface area (Å²) in [4.78, 5) is 14.1. The van der Waals surface area contributed by atoms with Gasteiger partial charge in [0.2, 0.25) is 5.91 Å². The highest BCUT2D eigenvalue weighted by Crippen LogP contribution is 2.32. The molecule has 1 atom stereocenters. The van der Waals surface area contributed by atoms with E-state index in [1.807, 2.05) is 17.0 Å². The molecule has 1 saturated heterocycles. The van der Waals surface area contributed by atoms with Crippen LogP contribution in [0.15, 0.2) is 18.2 Å². The molecule has 1 amide bonds. The minimum absolute atomic E-state index is 0.230. The van der Waals surface area contributed by atoms with Gasteiger partial charge in [-0.2, -0.15) is 0 Å². The molecule has 1 unspecified atom stereocenters. The van der Waals surface area contributed by atoms with Crippen LogP contribution in [0.5, 0.6) is 0 Å². The third-order valence-electron chi connectivity index (χ3n) is 3.77. The van der Waals surface area contributed by atoms with Gasteiger partial charge in [-0.25, -0.2) is 0 Å². The number of hydrogen-bond acceptors (Lipinski definition) is 2. The highest BCUT2D eigenvalue weighted by atomic mass is 35.5. The molecule has 1 fully saturated rings. The van der Waals surface area contributed by atoms with Gasteiger partial charge in [-0.05, 0) is 24.0 Å². The van der Waals surface area contributed by atoms with Crippen LogP contribution in [0.3, 0.4) is 0 Å². The Morgan fingerprint density at radius 2 is 2.05 bits per heavy atom. The van der Waals surface area contributed by atoms with Crippen LogP contribution in [0.2, 0.25) is 10.0 Å². The van der Waals surface area contributed by atoms with Crippen LogP contribution in [-0.4, -0.2) is 37.0 Å². The molecule has 1 aromatic rings. The Morgan fingerprint density at radius 3 is 2.75 bits per heavy atom. The van der Waals surface area contributed by atoms with Crippen LogP contribution < -0.4 is 5.32 Å². The zero-order valence-electron chi connectivity index (χ0n) is 11.7. The van der Waals surface area contributed by atoms with Gasteiger partial charge in [-0.1, -0.05) is 42.3 Å². The minimum atomic E-state index is 0.230. The minimum Gasteiger partial charge on any atom is -0.340 e. The standard InChI is InChI=1S/C15H20Cl2N2O/c1-11(12-3-2-4-13(16)15(12)17)5-6-14(20)19-9-7-18-8-10-19/h2-4,11,18H,5-10H2,1H3. The summed E-state index contributed by atoms with van der Waals surface area (Å²) in [6.07, 6.45) is 1.35. The van der Waals surface area contributed by atoms with Crippen molar-refractivity contribution in [2.75, 3.05) is 26.2 Å². The van der Waals surface area contributed by atoms with Gasteiger partial charge in [-0.3, -0.25) is 4.79 Å². The highest BCUT2D eigenvalue weighted by Gasteiger charge is 2.18. The van der Waals surface area contributed by atoms with E-state index < -0.39 is 0 Å². The smallest absolute Gasteiger partial charge is 0.222 e. The maximum atomic E-state index is 12.1. The first-order chi connectivity index (χ1) is 9.59. The zero-order chi connectivity index (χ0) is 14.5. The molecule has 1 heterocycles. The predicted octanol–water partition coefficient (Wildman–Crippen LogP) is 3.31. The predicted molar refractivity (Wildman–Crippen MR) is 83.6 cm³/mol. The molecule has 3 nitrogen and oxygen atoms in total. The number of hydrogen-bond donors (Lipinski definition) is 1. The molecule has 20 heavy (non-hydrogen) atoms. The molecule has 0 spiro atoms. The van der Waals surface area contributed by atoms with Crippen molar-refractivity contribution in [3.63, 3.8) is 0 Å². The number of nitrogens with one attached hydrogen (secondary N) is 1. The second-order valence-corrected chi connectivity index (χ2v) is 6.00. The van der Waals surface area contributed by atoms with Gasteiger partial charge in [0.15, 0.2) is 0 Å². The number of amides is 1. The Bertz CT molecular complexity index is 473. The Morgan fingerprint density at radius 1 is 1.35 bits per heavy atom. The van der Waals surface area contributed by atoms with Crippen molar-refractivity contribution >= 4 is 29.1 Å². The number of piperazine rings is 1. The Labute approximate surface area is 130 Å². The topological polar surface area (TPSA) is 32.3 Å². The molecule has 110 valence electrons. The quantitative estimate of drug-likeness (QED) is 0.924. The summed E-state index contributed by atoms with van der Waals surface area (Å²) in [7, 11) is 0. The monoisotopic (exact) mass is 314 g/mol. The van der Waals surface area contributed by atoms with Gasteiger partial charge in [0.25, 0.3) is 0 Å². The number of benzene rings is 1. The Balaban J connectivity index is 1.89. The largest absolute Gasteiger partial charge is 0.340 e. The lowest BCUT2D eigenvalue weighted by Crippen LogP contribution is -2.46. The summed E-state index contributed by atoms with van der Waals surface area (Å²) in [5, 5.41) is 4.43. The lowest BCUT2D eigenvalue weighted by atomic mass is 9.96. The molecule has 1 aliphatic heterocycles. The fourth-order valence-corrected chi connectivity index (χ4v) is 2.96. The van der Waals surface area contributed by atoms with Crippen LogP contribution in [0.1, 0.15) is 31.2 Å². The van der Waals surface area contributed by atoms with E-state index in [9.17, 15) is 4.79 Å². The van der Waals surface area contributed by atoms with E-state index in [-0.39, 0.29) is 11.8 Å². The van der Waals surface area contributed by atoms with Crippen LogP contribution in [0, 0.1) is 0 Å². The van der Waals surface area contributed by atoms with Gasteiger partial charge in [0.05, 0.1) is 10.0 Å². The van der Waals surface area contributed by atoms with Gasteiger partial charge >= 0.3 is 0 Å². The number of carbonyl (C=O) groups excluding carboxylic acids is 1. The molecule has 1 aliphatic rings.